The predicted molar refractivity (Wildman–Crippen MR) is 96.9 cm³/mol. The maximum absolute atomic E-state index is 11.6. The van der Waals surface area contributed by atoms with Gasteiger partial charge < -0.3 is 4.90 Å². The summed E-state index contributed by atoms with van der Waals surface area (Å²) in [6.45, 7) is 7.56. The van der Waals surface area contributed by atoms with Gasteiger partial charge in [0.2, 0.25) is 5.91 Å². The number of carbonyl (C=O) groups is 1. The van der Waals surface area contributed by atoms with Crippen molar-refractivity contribution in [1.29, 1.82) is 0 Å². The summed E-state index contributed by atoms with van der Waals surface area (Å²) in [6, 6.07) is 2.35. The van der Waals surface area contributed by atoms with Crippen molar-refractivity contribution in [3.05, 3.63) is 0 Å². The highest BCUT2D eigenvalue weighted by molar-refractivity contribution is 5.73. The molecule has 4 rings (SSSR count). The average Bonchev–Trinajstić information content (AvgIpc) is 3.10. The number of nitrogens with zero attached hydrogens (tertiary/aromatic N) is 3. The Morgan fingerprint density at radius 2 is 1.54 bits per heavy atom. The van der Waals surface area contributed by atoms with Gasteiger partial charge in [-0.15, -0.1) is 0 Å². The first-order valence-electron chi connectivity index (χ1n) is 10.5. The zero-order valence-corrected chi connectivity index (χ0v) is 15.5. The van der Waals surface area contributed by atoms with Crippen LogP contribution in [0.3, 0.4) is 0 Å². The second kappa shape index (κ2) is 7.33. The van der Waals surface area contributed by atoms with Gasteiger partial charge in [0.15, 0.2) is 0 Å². The third-order valence-corrected chi connectivity index (χ3v) is 7.35. The molecule has 0 unspecified atom stereocenters. The van der Waals surface area contributed by atoms with Gasteiger partial charge >= 0.3 is 0 Å². The number of carbonyl (C=O) groups excluding carboxylic acids is 1. The third-order valence-electron chi connectivity index (χ3n) is 7.35. The third kappa shape index (κ3) is 3.24. The first-order valence-corrected chi connectivity index (χ1v) is 10.5. The number of likely N-dealkylation sites (tertiary alicyclic amines) is 1. The van der Waals surface area contributed by atoms with E-state index in [-0.39, 0.29) is 5.91 Å². The van der Waals surface area contributed by atoms with Crippen LogP contribution in [-0.4, -0.2) is 71.5 Å². The van der Waals surface area contributed by atoms with Crippen molar-refractivity contribution in [3.63, 3.8) is 0 Å². The molecule has 4 heteroatoms. The van der Waals surface area contributed by atoms with E-state index in [1.54, 1.807) is 6.92 Å². The number of hydrogen-bond acceptors (Lipinski definition) is 3. The van der Waals surface area contributed by atoms with E-state index >= 15 is 0 Å². The molecule has 0 radical (unpaired) electrons. The Bertz CT molecular complexity index is 440. The van der Waals surface area contributed by atoms with Gasteiger partial charge in [-0.3, -0.25) is 14.6 Å². The van der Waals surface area contributed by atoms with E-state index in [2.05, 4.69) is 14.7 Å². The smallest absolute Gasteiger partial charge is 0.219 e. The number of fused-ring (bicyclic) bond motifs is 1. The monoisotopic (exact) mass is 333 g/mol. The molecule has 0 aromatic carbocycles. The molecule has 0 aromatic heterocycles. The van der Waals surface area contributed by atoms with Gasteiger partial charge in [-0.05, 0) is 51.0 Å². The van der Waals surface area contributed by atoms with Gasteiger partial charge in [0.05, 0.1) is 0 Å². The minimum atomic E-state index is 0.262. The van der Waals surface area contributed by atoms with Gasteiger partial charge in [-0.25, -0.2) is 0 Å². The Hall–Kier alpha value is -0.610. The number of amides is 1. The minimum Gasteiger partial charge on any atom is -0.343 e. The molecule has 2 atom stereocenters. The largest absolute Gasteiger partial charge is 0.343 e. The highest BCUT2D eigenvalue weighted by atomic mass is 16.2. The summed E-state index contributed by atoms with van der Waals surface area (Å²) < 4.78 is 0. The topological polar surface area (TPSA) is 26.8 Å². The van der Waals surface area contributed by atoms with Crippen molar-refractivity contribution >= 4 is 5.91 Å². The van der Waals surface area contributed by atoms with Crippen LogP contribution in [0.15, 0.2) is 0 Å². The summed E-state index contributed by atoms with van der Waals surface area (Å²) >= 11 is 0. The number of piperazine rings is 1. The maximum Gasteiger partial charge on any atom is 0.219 e. The van der Waals surface area contributed by atoms with E-state index in [1.165, 1.54) is 77.4 Å². The highest BCUT2D eigenvalue weighted by Crippen LogP contribution is 2.39. The number of piperidine rings is 1. The average molecular weight is 334 g/mol. The predicted octanol–water partition coefficient (Wildman–Crippen LogP) is 2.73. The van der Waals surface area contributed by atoms with Crippen molar-refractivity contribution in [2.75, 3.05) is 32.7 Å². The standard InChI is InChI=1S/C20H35N3O/c1-16(24)21-12-9-18(10-13-21)23-15-14-22-11-5-8-19(22)20(23)17-6-3-2-4-7-17/h17-20H,2-15H2,1H3/t19-,20+/m0/s1. The summed E-state index contributed by atoms with van der Waals surface area (Å²) in [4.78, 5) is 19.4. The van der Waals surface area contributed by atoms with Gasteiger partial charge in [0.1, 0.15) is 0 Å². The normalized spacial score (nSPS) is 34.5. The van der Waals surface area contributed by atoms with E-state index in [0.717, 1.165) is 37.1 Å². The van der Waals surface area contributed by atoms with Crippen molar-refractivity contribution < 1.29 is 4.79 Å². The lowest BCUT2D eigenvalue weighted by molar-refractivity contribution is -0.131. The van der Waals surface area contributed by atoms with Crippen molar-refractivity contribution in [2.45, 2.75) is 82.8 Å². The van der Waals surface area contributed by atoms with Crippen molar-refractivity contribution in [1.82, 2.24) is 14.7 Å². The molecule has 3 heterocycles. The summed E-state index contributed by atoms with van der Waals surface area (Å²) in [7, 11) is 0. The van der Waals surface area contributed by atoms with Gasteiger partial charge in [0, 0.05) is 51.2 Å². The van der Waals surface area contributed by atoms with Crippen LogP contribution in [-0.2, 0) is 4.79 Å². The zero-order chi connectivity index (χ0) is 16.5. The van der Waals surface area contributed by atoms with Crippen LogP contribution >= 0.6 is 0 Å². The second-order valence-electron chi connectivity index (χ2n) is 8.61. The molecule has 4 aliphatic rings. The van der Waals surface area contributed by atoms with E-state index in [1.807, 2.05) is 0 Å². The number of hydrogen-bond donors (Lipinski definition) is 0. The van der Waals surface area contributed by atoms with Crippen LogP contribution in [0.4, 0.5) is 0 Å². The van der Waals surface area contributed by atoms with E-state index in [9.17, 15) is 4.79 Å². The molecule has 24 heavy (non-hydrogen) atoms. The fraction of sp³-hybridized carbons (Fsp3) is 0.950. The van der Waals surface area contributed by atoms with E-state index < -0.39 is 0 Å². The quantitative estimate of drug-likeness (QED) is 0.777. The highest BCUT2D eigenvalue weighted by Gasteiger charge is 2.45. The molecule has 1 saturated carbocycles. The van der Waals surface area contributed by atoms with Gasteiger partial charge in [0.25, 0.3) is 0 Å². The van der Waals surface area contributed by atoms with Crippen LogP contribution in [0.1, 0.15) is 64.7 Å². The molecule has 4 fully saturated rings. The minimum absolute atomic E-state index is 0.262. The Labute approximate surface area is 147 Å². The Morgan fingerprint density at radius 3 is 2.25 bits per heavy atom. The molecule has 4 nitrogen and oxygen atoms in total. The molecule has 1 aliphatic carbocycles. The van der Waals surface area contributed by atoms with Crippen LogP contribution in [0.25, 0.3) is 0 Å². The van der Waals surface area contributed by atoms with E-state index in [4.69, 9.17) is 0 Å². The Balaban J connectivity index is 1.48. The van der Waals surface area contributed by atoms with Crippen LogP contribution in [0, 0.1) is 5.92 Å². The zero-order valence-electron chi connectivity index (χ0n) is 15.5. The maximum atomic E-state index is 11.6. The van der Waals surface area contributed by atoms with Crippen LogP contribution in [0.5, 0.6) is 0 Å². The van der Waals surface area contributed by atoms with Gasteiger partial charge in [-0.2, -0.15) is 0 Å². The lowest BCUT2D eigenvalue weighted by Gasteiger charge is -2.53. The first kappa shape index (κ1) is 16.8. The fourth-order valence-corrected chi connectivity index (χ4v) is 6.13. The summed E-state index contributed by atoms with van der Waals surface area (Å²) in [5.74, 6) is 1.19. The first-order chi connectivity index (χ1) is 11.7. The molecule has 1 amide bonds. The molecule has 0 spiro atoms. The molecule has 3 saturated heterocycles. The Kier molecular flexibility index (Phi) is 5.14. The van der Waals surface area contributed by atoms with E-state index in [0.29, 0.717) is 0 Å². The van der Waals surface area contributed by atoms with Crippen molar-refractivity contribution in [3.8, 4) is 0 Å². The lowest BCUT2D eigenvalue weighted by Crippen LogP contribution is -2.63. The SMILES string of the molecule is CC(=O)N1CCC(N2CCN3CCC[C@H]3[C@H]2C2CCCCC2)CC1. The van der Waals surface area contributed by atoms with Crippen molar-refractivity contribution in [2.24, 2.45) is 5.92 Å². The van der Waals surface area contributed by atoms with Crippen LogP contribution in [0.2, 0.25) is 0 Å². The summed E-state index contributed by atoms with van der Waals surface area (Å²) in [6.07, 6.45) is 12.5. The molecule has 3 aliphatic heterocycles. The molecule has 0 bridgehead atoms. The fourth-order valence-electron chi connectivity index (χ4n) is 6.13. The molecule has 136 valence electrons. The molecular formula is C20H35N3O. The summed E-state index contributed by atoms with van der Waals surface area (Å²) in [5, 5.41) is 0. The summed E-state index contributed by atoms with van der Waals surface area (Å²) in [5.41, 5.74) is 0. The Morgan fingerprint density at radius 1 is 0.792 bits per heavy atom. The molecule has 0 aromatic rings. The van der Waals surface area contributed by atoms with Crippen LogP contribution < -0.4 is 0 Å². The molecular weight excluding hydrogens is 298 g/mol. The van der Waals surface area contributed by atoms with Gasteiger partial charge in [-0.1, -0.05) is 19.3 Å². The molecule has 0 N–H and O–H groups in total. The second-order valence-corrected chi connectivity index (χ2v) is 8.61. The lowest BCUT2D eigenvalue weighted by atomic mass is 9.78. The number of rotatable bonds is 2.